The Hall–Kier alpha value is -2.30. The summed E-state index contributed by atoms with van der Waals surface area (Å²) in [6.07, 6.45) is 0. The molecular weight excluding hydrogens is 348 g/mol. The Morgan fingerprint density at radius 1 is 0.607 bits per heavy atom. The van der Waals surface area contributed by atoms with Crippen molar-refractivity contribution in [3.63, 3.8) is 0 Å². The second kappa shape index (κ2) is 7.98. The molecule has 0 aromatic heterocycles. The lowest BCUT2D eigenvalue weighted by Crippen LogP contribution is -2.62. The van der Waals surface area contributed by atoms with E-state index in [1.807, 2.05) is 88.4 Å². The lowest BCUT2D eigenvalue weighted by molar-refractivity contribution is 0.0133. The van der Waals surface area contributed by atoms with Crippen molar-refractivity contribution in [1.29, 1.82) is 0 Å². The number of ketones is 2. The first kappa shape index (κ1) is 20.4. The number of hydrogen-bond acceptors (Lipinski definition) is 4. The van der Waals surface area contributed by atoms with E-state index in [4.69, 9.17) is 0 Å². The first-order chi connectivity index (χ1) is 13.2. The van der Waals surface area contributed by atoms with Gasteiger partial charge < -0.3 is 0 Å². The maximum absolute atomic E-state index is 13.0. The first-order valence-corrected chi connectivity index (χ1v) is 9.94. The summed E-state index contributed by atoms with van der Waals surface area (Å²) < 4.78 is 0. The highest BCUT2D eigenvalue weighted by atomic mass is 16.1. The van der Waals surface area contributed by atoms with Crippen molar-refractivity contribution < 1.29 is 9.59 Å². The van der Waals surface area contributed by atoms with Crippen LogP contribution in [0.4, 0.5) is 0 Å². The normalized spacial score (nSPS) is 16.7. The van der Waals surface area contributed by atoms with Crippen molar-refractivity contribution in [2.75, 3.05) is 26.2 Å². The van der Waals surface area contributed by atoms with Crippen molar-refractivity contribution in [1.82, 2.24) is 9.80 Å². The molecule has 0 saturated carbocycles. The molecule has 0 unspecified atom stereocenters. The Balaban J connectivity index is 1.68. The summed E-state index contributed by atoms with van der Waals surface area (Å²) in [6, 6.07) is 19.0. The number of Topliss-reactive ketones (excluding diaryl/α,β-unsaturated/α-hetero) is 2. The molecule has 0 aliphatic carbocycles. The third-order valence-corrected chi connectivity index (χ3v) is 6.04. The van der Waals surface area contributed by atoms with Gasteiger partial charge in [0.05, 0.1) is 11.1 Å². The second-order valence-electron chi connectivity index (χ2n) is 8.48. The number of benzene rings is 2. The monoisotopic (exact) mass is 378 g/mol. The molecule has 4 heteroatoms. The van der Waals surface area contributed by atoms with Crippen molar-refractivity contribution in [3.8, 4) is 0 Å². The molecule has 4 nitrogen and oxygen atoms in total. The van der Waals surface area contributed by atoms with Crippen LogP contribution in [0.1, 0.15) is 48.4 Å². The van der Waals surface area contributed by atoms with E-state index in [1.54, 1.807) is 0 Å². The zero-order valence-corrected chi connectivity index (χ0v) is 17.3. The molecule has 1 saturated heterocycles. The highest BCUT2D eigenvalue weighted by Gasteiger charge is 2.41. The Kier molecular flexibility index (Phi) is 5.82. The predicted octanol–water partition coefficient (Wildman–Crippen LogP) is 3.93. The molecule has 0 bridgehead atoms. The molecule has 0 atom stereocenters. The highest BCUT2D eigenvalue weighted by Crippen LogP contribution is 2.26. The van der Waals surface area contributed by atoms with Crippen molar-refractivity contribution in [3.05, 3.63) is 71.8 Å². The first-order valence-electron chi connectivity index (χ1n) is 9.94. The number of rotatable bonds is 6. The average molecular weight is 379 g/mol. The van der Waals surface area contributed by atoms with Gasteiger partial charge in [-0.25, -0.2) is 0 Å². The minimum absolute atomic E-state index is 0.140. The van der Waals surface area contributed by atoms with Crippen LogP contribution in [0.2, 0.25) is 0 Å². The number of carbonyl (C=O) groups excluding carboxylic acids is 2. The van der Waals surface area contributed by atoms with E-state index in [1.165, 1.54) is 0 Å². The van der Waals surface area contributed by atoms with Crippen molar-refractivity contribution in [2.45, 2.75) is 38.8 Å². The highest BCUT2D eigenvalue weighted by molar-refractivity contribution is 6.03. The lowest BCUT2D eigenvalue weighted by atomic mass is 9.88. The van der Waals surface area contributed by atoms with Crippen LogP contribution >= 0.6 is 0 Å². The molecule has 1 heterocycles. The molecular formula is C24H30N2O2. The number of hydrogen-bond donors (Lipinski definition) is 0. The molecule has 2 aromatic carbocycles. The molecule has 1 aliphatic heterocycles. The predicted molar refractivity (Wildman–Crippen MR) is 113 cm³/mol. The van der Waals surface area contributed by atoms with Gasteiger partial charge in [-0.05, 0) is 27.7 Å². The standard InChI is InChI=1S/C24H30N2O2/c1-23(2,21(27)19-11-7-5-8-12-19)25-15-17-26(18-16-25)24(3,4)22(28)20-13-9-6-10-14-20/h5-14H,15-18H2,1-4H3. The van der Waals surface area contributed by atoms with Crippen molar-refractivity contribution >= 4 is 11.6 Å². The van der Waals surface area contributed by atoms with Crippen LogP contribution in [0.15, 0.2) is 60.7 Å². The SMILES string of the molecule is CC(C)(C(=O)c1ccccc1)N1CCN(C(C)(C)C(=O)c2ccccc2)CC1. The number of carbonyl (C=O) groups is 2. The van der Waals surface area contributed by atoms with Gasteiger partial charge in [0.25, 0.3) is 0 Å². The van der Waals surface area contributed by atoms with E-state index >= 15 is 0 Å². The minimum Gasteiger partial charge on any atom is -0.292 e. The fourth-order valence-electron chi connectivity index (χ4n) is 4.00. The Bertz CT molecular complexity index is 749. The molecule has 2 aromatic rings. The summed E-state index contributed by atoms with van der Waals surface area (Å²) in [6.45, 7) is 11.0. The summed E-state index contributed by atoms with van der Waals surface area (Å²) in [5.41, 5.74) is 0.353. The maximum Gasteiger partial charge on any atom is 0.182 e. The van der Waals surface area contributed by atoms with Gasteiger partial charge in [-0.3, -0.25) is 19.4 Å². The van der Waals surface area contributed by atoms with Crippen molar-refractivity contribution in [2.24, 2.45) is 0 Å². The van der Waals surface area contributed by atoms with E-state index in [0.717, 1.165) is 37.3 Å². The van der Waals surface area contributed by atoms with E-state index in [2.05, 4.69) is 9.80 Å². The molecule has 0 amide bonds. The van der Waals surface area contributed by atoms with Gasteiger partial charge in [0.15, 0.2) is 11.6 Å². The zero-order chi connectivity index (χ0) is 20.4. The Morgan fingerprint density at radius 3 is 1.18 bits per heavy atom. The van der Waals surface area contributed by atoms with Crippen LogP contribution in [0, 0.1) is 0 Å². The maximum atomic E-state index is 13.0. The quantitative estimate of drug-likeness (QED) is 0.714. The molecule has 0 N–H and O–H groups in total. The van der Waals surface area contributed by atoms with Gasteiger partial charge in [-0.2, -0.15) is 0 Å². The number of piperazine rings is 1. The molecule has 28 heavy (non-hydrogen) atoms. The van der Waals surface area contributed by atoms with Gasteiger partial charge in [-0.1, -0.05) is 60.7 Å². The van der Waals surface area contributed by atoms with Crippen LogP contribution in [-0.2, 0) is 0 Å². The van der Waals surface area contributed by atoms with Gasteiger partial charge in [0, 0.05) is 37.3 Å². The van der Waals surface area contributed by atoms with E-state index < -0.39 is 11.1 Å². The van der Waals surface area contributed by atoms with Gasteiger partial charge >= 0.3 is 0 Å². The molecule has 1 fully saturated rings. The largest absolute Gasteiger partial charge is 0.292 e. The van der Waals surface area contributed by atoms with Gasteiger partial charge in [0.2, 0.25) is 0 Å². The van der Waals surface area contributed by atoms with E-state index in [9.17, 15) is 9.59 Å². The molecule has 1 aliphatic rings. The summed E-state index contributed by atoms with van der Waals surface area (Å²) >= 11 is 0. The van der Waals surface area contributed by atoms with Crippen LogP contribution in [0.3, 0.4) is 0 Å². The van der Waals surface area contributed by atoms with E-state index in [-0.39, 0.29) is 11.6 Å². The van der Waals surface area contributed by atoms with Crippen LogP contribution in [0.5, 0.6) is 0 Å². The van der Waals surface area contributed by atoms with Gasteiger partial charge in [0.1, 0.15) is 0 Å². The average Bonchev–Trinajstić information content (AvgIpc) is 2.74. The van der Waals surface area contributed by atoms with Crippen LogP contribution in [-0.4, -0.2) is 58.6 Å². The third-order valence-electron chi connectivity index (χ3n) is 6.04. The fraction of sp³-hybridized carbons (Fsp3) is 0.417. The van der Waals surface area contributed by atoms with Crippen LogP contribution < -0.4 is 0 Å². The minimum atomic E-state index is -0.568. The molecule has 0 spiro atoms. The molecule has 0 radical (unpaired) electrons. The Labute approximate surface area is 168 Å². The van der Waals surface area contributed by atoms with E-state index in [0.29, 0.717) is 0 Å². The van der Waals surface area contributed by atoms with Gasteiger partial charge in [-0.15, -0.1) is 0 Å². The summed E-state index contributed by atoms with van der Waals surface area (Å²) in [5, 5.41) is 0. The lowest BCUT2D eigenvalue weighted by Gasteiger charge is -2.47. The fourth-order valence-corrected chi connectivity index (χ4v) is 4.00. The molecule has 3 rings (SSSR count). The summed E-state index contributed by atoms with van der Waals surface area (Å²) in [4.78, 5) is 30.5. The number of nitrogens with zero attached hydrogens (tertiary/aromatic N) is 2. The smallest absolute Gasteiger partial charge is 0.182 e. The Morgan fingerprint density at radius 2 is 0.893 bits per heavy atom. The summed E-state index contributed by atoms with van der Waals surface area (Å²) in [7, 11) is 0. The third kappa shape index (κ3) is 3.94. The van der Waals surface area contributed by atoms with Crippen LogP contribution in [0.25, 0.3) is 0 Å². The molecule has 148 valence electrons. The second-order valence-corrected chi connectivity index (χ2v) is 8.48. The zero-order valence-electron chi connectivity index (χ0n) is 17.3. The topological polar surface area (TPSA) is 40.6 Å². The summed E-state index contributed by atoms with van der Waals surface area (Å²) in [5.74, 6) is 0.280.